The molecule has 0 heterocycles. The van der Waals surface area contributed by atoms with Crippen LogP contribution in [0.25, 0.3) is 0 Å². The van der Waals surface area contributed by atoms with E-state index in [4.69, 9.17) is 0 Å². The van der Waals surface area contributed by atoms with E-state index in [1.165, 1.54) is 116 Å². The Bertz CT molecular complexity index is 252. The maximum Gasteiger partial charge on any atom is -0.00358 e. The maximum atomic E-state index is 3.27. The summed E-state index contributed by atoms with van der Waals surface area (Å²) in [5.41, 5.74) is 0. The highest BCUT2D eigenvalue weighted by Crippen LogP contribution is 2.10. The SMILES string of the molecule is CCCCCCCCCCC=CNC=CCCCCCCCCCC. The van der Waals surface area contributed by atoms with Crippen molar-refractivity contribution in [3.05, 3.63) is 24.6 Å². The summed E-state index contributed by atoms with van der Waals surface area (Å²) in [7, 11) is 0. The molecule has 1 N–H and O–H groups in total. The number of hydrogen-bond acceptors (Lipinski definition) is 1. The predicted octanol–water partition coefficient (Wildman–Crippen LogP) is 8.67. The van der Waals surface area contributed by atoms with Crippen molar-refractivity contribution in [2.45, 2.75) is 129 Å². The molecule has 0 aromatic rings. The third-order valence-corrected chi connectivity index (χ3v) is 4.88. The largest absolute Gasteiger partial charge is 0.368 e. The molecular weight excluding hydrogens is 302 g/mol. The predicted molar refractivity (Wildman–Crippen MR) is 116 cm³/mol. The van der Waals surface area contributed by atoms with Crippen LogP contribution in [0.15, 0.2) is 24.6 Å². The minimum absolute atomic E-state index is 1.22. The summed E-state index contributed by atoms with van der Waals surface area (Å²) in [6.45, 7) is 4.57. The zero-order valence-electron chi connectivity index (χ0n) is 17.5. The smallest absolute Gasteiger partial charge is 0.00358 e. The van der Waals surface area contributed by atoms with E-state index in [9.17, 15) is 0 Å². The van der Waals surface area contributed by atoms with Crippen molar-refractivity contribution in [1.82, 2.24) is 5.32 Å². The van der Waals surface area contributed by atoms with Gasteiger partial charge >= 0.3 is 0 Å². The second-order valence-electron chi connectivity index (χ2n) is 7.50. The standard InChI is InChI=1S/C24H47N/c1-3-5-7-9-11-13-15-17-19-21-23-25-24-22-20-18-16-14-12-10-8-6-4-2/h21-25H,3-20H2,1-2H3. The summed E-state index contributed by atoms with van der Waals surface area (Å²) >= 11 is 0. The lowest BCUT2D eigenvalue weighted by Gasteiger charge is -2.00. The topological polar surface area (TPSA) is 12.0 Å². The van der Waals surface area contributed by atoms with E-state index >= 15 is 0 Å². The highest BCUT2D eigenvalue weighted by atomic mass is 14.8. The summed E-state index contributed by atoms with van der Waals surface area (Å²) in [5, 5.41) is 3.27. The van der Waals surface area contributed by atoms with Crippen LogP contribution in [0.3, 0.4) is 0 Å². The Labute approximate surface area is 159 Å². The molecule has 1 nitrogen and oxygen atoms in total. The molecule has 0 rings (SSSR count). The molecule has 0 unspecified atom stereocenters. The average molecular weight is 350 g/mol. The van der Waals surface area contributed by atoms with E-state index in [1.807, 2.05) is 0 Å². The van der Waals surface area contributed by atoms with Crippen LogP contribution in [0.2, 0.25) is 0 Å². The van der Waals surface area contributed by atoms with Gasteiger partial charge in [0.25, 0.3) is 0 Å². The van der Waals surface area contributed by atoms with E-state index in [1.54, 1.807) is 0 Å². The molecule has 25 heavy (non-hydrogen) atoms. The lowest BCUT2D eigenvalue weighted by molar-refractivity contribution is 0.577. The molecule has 0 radical (unpaired) electrons. The van der Waals surface area contributed by atoms with Gasteiger partial charge in [-0.2, -0.15) is 0 Å². The molecule has 0 aliphatic rings. The quantitative estimate of drug-likeness (QED) is 0.217. The zero-order valence-corrected chi connectivity index (χ0v) is 17.5. The highest BCUT2D eigenvalue weighted by molar-refractivity contribution is 4.88. The molecule has 0 aliphatic heterocycles. The first kappa shape index (κ1) is 24.3. The van der Waals surface area contributed by atoms with Crippen LogP contribution in [0.4, 0.5) is 0 Å². The Hall–Kier alpha value is -0.720. The van der Waals surface area contributed by atoms with Gasteiger partial charge in [0.05, 0.1) is 0 Å². The van der Waals surface area contributed by atoms with Gasteiger partial charge in [0, 0.05) is 0 Å². The van der Waals surface area contributed by atoms with Crippen LogP contribution < -0.4 is 5.32 Å². The lowest BCUT2D eigenvalue weighted by Crippen LogP contribution is -1.91. The fraction of sp³-hybridized carbons (Fsp3) is 0.833. The summed E-state index contributed by atoms with van der Waals surface area (Å²) < 4.78 is 0. The molecule has 0 saturated carbocycles. The normalized spacial score (nSPS) is 11.8. The minimum Gasteiger partial charge on any atom is -0.368 e. The Morgan fingerprint density at radius 1 is 0.440 bits per heavy atom. The fourth-order valence-corrected chi connectivity index (χ4v) is 3.15. The molecule has 0 aromatic carbocycles. The third kappa shape index (κ3) is 23.3. The van der Waals surface area contributed by atoms with E-state index in [0.717, 1.165) is 0 Å². The average Bonchev–Trinajstić information content (AvgIpc) is 2.63. The molecule has 0 saturated heterocycles. The summed E-state index contributed by atoms with van der Waals surface area (Å²) in [6.07, 6.45) is 33.7. The third-order valence-electron chi connectivity index (χ3n) is 4.88. The van der Waals surface area contributed by atoms with Gasteiger partial charge in [0.1, 0.15) is 0 Å². The molecule has 0 aliphatic carbocycles. The van der Waals surface area contributed by atoms with Gasteiger partial charge in [-0.05, 0) is 38.1 Å². The molecule has 1 heteroatoms. The van der Waals surface area contributed by atoms with Crippen LogP contribution >= 0.6 is 0 Å². The van der Waals surface area contributed by atoms with Gasteiger partial charge in [-0.3, -0.25) is 0 Å². The fourth-order valence-electron chi connectivity index (χ4n) is 3.15. The van der Waals surface area contributed by atoms with Gasteiger partial charge in [-0.25, -0.2) is 0 Å². The van der Waals surface area contributed by atoms with Gasteiger partial charge in [-0.15, -0.1) is 0 Å². The van der Waals surface area contributed by atoms with Crippen LogP contribution in [-0.2, 0) is 0 Å². The Kier molecular flexibility index (Phi) is 22.6. The van der Waals surface area contributed by atoms with Crippen LogP contribution in [0, 0.1) is 0 Å². The molecule has 0 bridgehead atoms. The van der Waals surface area contributed by atoms with Gasteiger partial charge in [0.2, 0.25) is 0 Å². The van der Waals surface area contributed by atoms with Gasteiger partial charge in [-0.1, -0.05) is 116 Å². The lowest BCUT2D eigenvalue weighted by atomic mass is 10.1. The summed E-state index contributed by atoms with van der Waals surface area (Å²) in [4.78, 5) is 0. The summed E-state index contributed by atoms with van der Waals surface area (Å²) in [5.74, 6) is 0. The minimum atomic E-state index is 1.22. The van der Waals surface area contributed by atoms with Crippen molar-refractivity contribution in [3.8, 4) is 0 Å². The number of allylic oxidation sites excluding steroid dienone is 2. The maximum absolute atomic E-state index is 3.27. The van der Waals surface area contributed by atoms with Crippen molar-refractivity contribution in [3.63, 3.8) is 0 Å². The van der Waals surface area contributed by atoms with Crippen LogP contribution in [-0.4, -0.2) is 0 Å². The second-order valence-corrected chi connectivity index (χ2v) is 7.50. The van der Waals surface area contributed by atoms with E-state index in [-0.39, 0.29) is 0 Å². The number of unbranched alkanes of at least 4 members (excludes halogenated alkanes) is 16. The van der Waals surface area contributed by atoms with Crippen LogP contribution in [0.5, 0.6) is 0 Å². The van der Waals surface area contributed by atoms with Gasteiger partial charge < -0.3 is 5.32 Å². The molecule has 0 fully saturated rings. The zero-order chi connectivity index (χ0) is 18.3. The Morgan fingerprint density at radius 3 is 1.12 bits per heavy atom. The monoisotopic (exact) mass is 349 g/mol. The van der Waals surface area contributed by atoms with Crippen molar-refractivity contribution >= 4 is 0 Å². The molecule has 0 aromatic heterocycles. The van der Waals surface area contributed by atoms with E-state index in [0.29, 0.717) is 0 Å². The number of nitrogens with one attached hydrogen (secondary N) is 1. The first-order valence-corrected chi connectivity index (χ1v) is 11.5. The highest BCUT2D eigenvalue weighted by Gasteiger charge is 1.91. The Balaban J connectivity index is 3.14. The van der Waals surface area contributed by atoms with Crippen molar-refractivity contribution in [2.24, 2.45) is 0 Å². The van der Waals surface area contributed by atoms with Crippen molar-refractivity contribution in [2.75, 3.05) is 0 Å². The van der Waals surface area contributed by atoms with Gasteiger partial charge in [0.15, 0.2) is 0 Å². The first-order chi connectivity index (χ1) is 12.4. The molecular formula is C24H47N. The van der Waals surface area contributed by atoms with Crippen molar-refractivity contribution in [1.29, 1.82) is 0 Å². The number of rotatable bonds is 20. The molecule has 148 valence electrons. The molecule has 0 spiro atoms. The van der Waals surface area contributed by atoms with Crippen LogP contribution in [0.1, 0.15) is 129 Å². The summed E-state index contributed by atoms with van der Waals surface area (Å²) in [6, 6.07) is 0. The second kappa shape index (κ2) is 23.3. The van der Waals surface area contributed by atoms with Crippen molar-refractivity contribution < 1.29 is 0 Å². The molecule has 0 amide bonds. The van der Waals surface area contributed by atoms with E-state index < -0.39 is 0 Å². The Morgan fingerprint density at radius 2 is 0.760 bits per heavy atom. The first-order valence-electron chi connectivity index (χ1n) is 11.5. The molecule has 0 atom stereocenters. The van der Waals surface area contributed by atoms with E-state index in [2.05, 4.69) is 43.7 Å². The number of hydrogen-bond donors (Lipinski definition) is 1.